The lowest BCUT2D eigenvalue weighted by atomic mass is 10.0. The maximum absolute atomic E-state index is 13.5. The lowest BCUT2D eigenvalue weighted by Crippen LogP contribution is -2.43. The summed E-state index contributed by atoms with van der Waals surface area (Å²) in [5.41, 5.74) is 2.34. The fraction of sp³-hybridized carbons (Fsp3) is 0.500. The maximum atomic E-state index is 13.5. The molecule has 0 radical (unpaired) electrons. The van der Waals surface area contributed by atoms with Gasteiger partial charge < -0.3 is 23.9 Å². The average molecular weight is 586 g/mol. The van der Waals surface area contributed by atoms with E-state index in [2.05, 4.69) is 32.1 Å². The molecule has 2 aromatic carbocycles. The van der Waals surface area contributed by atoms with E-state index in [4.69, 9.17) is 14.2 Å². The zero-order valence-corrected chi connectivity index (χ0v) is 26.6. The molecule has 7 nitrogen and oxygen atoms in total. The second-order valence-electron chi connectivity index (χ2n) is 11.7. The Morgan fingerprint density at radius 3 is 2.05 bits per heavy atom. The first kappa shape index (κ1) is 36.5. The summed E-state index contributed by atoms with van der Waals surface area (Å²) in [6.45, 7) is 12.4. The quantitative estimate of drug-likeness (QED) is 0.191. The highest BCUT2D eigenvalue weighted by molar-refractivity contribution is 5.75. The molecule has 0 saturated carbocycles. The van der Waals surface area contributed by atoms with Crippen LogP contribution < -0.4 is 0 Å². The number of carbonyl (C=O) groups is 3. The van der Waals surface area contributed by atoms with Gasteiger partial charge in [-0.25, -0.2) is 14.0 Å². The molecule has 232 valence electrons. The summed E-state index contributed by atoms with van der Waals surface area (Å²) >= 11 is 0. The van der Waals surface area contributed by atoms with Gasteiger partial charge in [0.15, 0.2) is 6.10 Å². The minimum atomic E-state index is -1.51. The molecule has 2 unspecified atom stereocenters. The molecule has 0 N–H and O–H groups in total. The average Bonchev–Trinajstić information content (AvgIpc) is 2.93. The van der Waals surface area contributed by atoms with Crippen molar-refractivity contribution in [2.24, 2.45) is 0 Å². The van der Waals surface area contributed by atoms with Gasteiger partial charge in [-0.3, -0.25) is 0 Å². The monoisotopic (exact) mass is 585 g/mol. The SMILES string of the molecule is CC/C=C(\C)c1ccc(CC(OC)C(=O)OCc2ccccc2)cc1.CN(C(=O)OC(C)(C)C)C(C=O)CC(C)(C)F. The van der Waals surface area contributed by atoms with Crippen LogP contribution in [-0.2, 0) is 36.8 Å². The molecule has 2 rings (SSSR count). The molecule has 0 saturated heterocycles. The van der Waals surface area contributed by atoms with Gasteiger partial charge in [-0.15, -0.1) is 0 Å². The smallest absolute Gasteiger partial charge is 0.410 e. The molecule has 1 amide bonds. The van der Waals surface area contributed by atoms with E-state index < -0.39 is 29.5 Å². The number of allylic oxidation sites excluding steroid dienone is 2. The second-order valence-corrected chi connectivity index (χ2v) is 11.7. The zero-order chi connectivity index (χ0) is 31.9. The van der Waals surface area contributed by atoms with Crippen LogP contribution in [0.25, 0.3) is 5.57 Å². The number of alkyl halides is 1. The van der Waals surface area contributed by atoms with Crippen LogP contribution in [0.5, 0.6) is 0 Å². The summed E-state index contributed by atoms with van der Waals surface area (Å²) < 4.78 is 29.3. The highest BCUT2D eigenvalue weighted by atomic mass is 19.1. The molecular weight excluding hydrogens is 537 g/mol. The second kappa shape index (κ2) is 17.4. The molecule has 0 aromatic heterocycles. The molecule has 42 heavy (non-hydrogen) atoms. The molecule has 0 aliphatic heterocycles. The van der Waals surface area contributed by atoms with Crippen molar-refractivity contribution in [3.63, 3.8) is 0 Å². The number of nitrogens with zero attached hydrogens (tertiary/aromatic N) is 1. The number of aldehydes is 1. The van der Waals surface area contributed by atoms with Crippen LogP contribution in [0, 0.1) is 0 Å². The van der Waals surface area contributed by atoms with E-state index in [1.807, 2.05) is 42.5 Å². The van der Waals surface area contributed by atoms with E-state index in [1.165, 1.54) is 39.1 Å². The molecule has 0 bridgehead atoms. The van der Waals surface area contributed by atoms with Crippen LogP contribution in [0.1, 0.15) is 78.0 Å². The van der Waals surface area contributed by atoms with Gasteiger partial charge in [0, 0.05) is 27.0 Å². The Balaban J connectivity index is 0.000000456. The van der Waals surface area contributed by atoms with E-state index in [-0.39, 0.29) is 19.0 Å². The van der Waals surface area contributed by atoms with E-state index in [1.54, 1.807) is 20.8 Å². The summed E-state index contributed by atoms with van der Waals surface area (Å²) in [7, 11) is 2.97. The third-order valence-electron chi connectivity index (χ3n) is 6.14. The van der Waals surface area contributed by atoms with Crippen LogP contribution in [-0.4, -0.2) is 60.8 Å². The van der Waals surface area contributed by atoms with Gasteiger partial charge in [0.2, 0.25) is 0 Å². The first-order valence-corrected chi connectivity index (χ1v) is 14.2. The summed E-state index contributed by atoms with van der Waals surface area (Å²) in [6, 6.07) is 17.1. The number of hydrogen-bond donors (Lipinski definition) is 0. The van der Waals surface area contributed by atoms with Crippen LogP contribution >= 0.6 is 0 Å². The maximum Gasteiger partial charge on any atom is 0.410 e. The summed E-state index contributed by atoms with van der Waals surface area (Å²) in [6.07, 6.45) is 3.01. The lowest BCUT2D eigenvalue weighted by molar-refractivity contribution is -0.156. The minimum absolute atomic E-state index is 0.0494. The van der Waals surface area contributed by atoms with Gasteiger partial charge >= 0.3 is 12.1 Å². The summed E-state index contributed by atoms with van der Waals surface area (Å²) in [5, 5.41) is 0. The third-order valence-corrected chi connectivity index (χ3v) is 6.14. The van der Waals surface area contributed by atoms with E-state index in [9.17, 15) is 18.8 Å². The predicted molar refractivity (Wildman–Crippen MR) is 165 cm³/mol. The standard InChI is InChI=1S/C22H26O3.C12H22FNO3/c1-4-8-17(2)20-13-11-18(12-14-20)15-21(24-3)22(23)25-16-19-9-6-5-7-10-19;1-11(2,3)17-10(16)14(6)9(8-15)7-12(4,5)13/h5-14,21H,4,15-16H2,1-3H3;8-9H,7H2,1-6H3/b17-8+;. The Morgan fingerprint density at radius 2 is 1.57 bits per heavy atom. The molecule has 8 heteroatoms. The Kier molecular flexibility index (Phi) is 15.2. The van der Waals surface area contributed by atoms with E-state index in [0.29, 0.717) is 12.7 Å². The first-order chi connectivity index (χ1) is 19.6. The number of ether oxygens (including phenoxy) is 3. The molecular formula is C34H48FNO6. The van der Waals surface area contributed by atoms with Gasteiger partial charge in [0.25, 0.3) is 0 Å². The van der Waals surface area contributed by atoms with E-state index in [0.717, 1.165) is 22.4 Å². The first-order valence-electron chi connectivity index (χ1n) is 14.2. The van der Waals surface area contributed by atoms with Crippen molar-refractivity contribution in [1.29, 1.82) is 0 Å². The lowest BCUT2D eigenvalue weighted by Gasteiger charge is -2.30. The number of esters is 1. The van der Waals surface area contributed by atoms with Crippen molar-refractivity contribution in [3.8, 4) is 0 Å². The van der Waals surface area contributed by atoms with Crippen molar-refractivity contribution >= 4 is 23.9 Å². The summed E-state index contributed by atoms with van der Waals surface area (Å²) in [5.74, 6) is -0.336. The van der Waals surface area contributed by atoms with Crippen molar-refractivity contribution in [2.75, 3.05) is 14.2 Å². The van der Waals surface area contributed by atoms with Crippen molar-refractivity contribution in [3.05, 3.63) is 77.4 Å². The molecule has 0 fully saturated rings. The van der Waals surface area contributed by atoms with Crippen LogP contribution in [0.2, 0.25) is 0 Å². The predicted octanol–water partition coefficient (Wildman–Crippen LogP) is 7.36. The number of carbonyl (C=O) groups excluding carboxylic acids is 3. The van der Waals surface area contributed by atoms with Crippen LogP contribution in [0.4, 0.5) is 9.18 Å². The fourth-order valence-corrected chi connectivity index (χ4v) is 3.87. The van der Waals surface area contributed by atoms with Crippen LogP contribution in [0.15, 0.2) is 60.7 Å². The van der Waals surface area contributed by atoms with Crippen molar-refractivity contribution in [2.45, 2.75) is 97.8 Å². The van der Waals surface area contributed by atoms with Gasteiger partial charge in [0.1, 0.15) is 24.2 Å². The Morgan fingerprint density at radius 1 is 0.976 bits per heavy atom. The molecule has 2 aromatic rings. The van der Waals surface area contributed by atoms with Gasteiger partial charge in [0.05, 0.1) is 6.04 Å². The highest BCUT2D eigenvalue weighted by Crippen LogP contribution is 2.20. The number of benzene rings is 2. The Bertz CT molecular complexity index is 1130. The number of amides is 1. The van der Waals surface area contributed by atoms with E-state index >= 15 is 0 Å². The topological polar surface area (TPSA) is 82.1 Å². The third kappa shape index (κ3) is 14.4. The highest BCUT2D eigenvalue weighted by Gasteiger charge is 2.30. The van der Waals surface area contributed by atoms with Crippen LogP contribution in [0.3, 0.4) is 0 Å². The number of halogens is 1. The fourth-order valence-electron chi connectivity index (χ4n) is 3.87. The minimum Gasteiger partial charge on any atom is -0.459 e. The van der Waals surface area contributed by atoms with Gasteiger partial charge in [-0.1, -0.05) is 67.6 Å². The van der Waals surface area contributed by atoms with Gasteiger partial charge in [-0.2, -0.15) is 0 Å². The molecule has 0 aliphatic rings. The number of likely N-dealkylation sites (N-methyl/N-ethyl adjacent to an activating group) is 1. The Labute approximate surface area is 251 Å². The summed E-state index contributed by atoms with van der Waals surface area (Å²) in [4.78, 5) is 35.9. The van der Waals surface area contributed by atoms with Crippen molar-refractivity contribution < 1.29 is 33.0 Å². The zero-order valence-electron chi connectivity index (χ0n) is 26.6. The number of methoxy groups -OCH3 is 1. The number of rotatable bonds is 12. The normalized spacial score (nSPS) is 13.2. The molecule has 0 spiro atoms. The van der Waals surface area contributed by atoms with Gasteiger partial charge in [-0.05, 0) is 70.2 Å². The molecule has 0 heterocycles. The largest absolute Gasteiger partial charge is 0.459 e. The van der Waals surface area contributed by atoms with Crippen molar-refractivity contribution in [1.82, 2.24) is 4.90 Å². The Hall–Kier alpha value is -3.52. The number of hydrogen-bond acceptors (Lipinski definition) is 6. The molecule has 0 aliphatic carbocycles. The molecule has 2 atom stereocenters.